The first kappa shape index (κ1) is 32.8. The highest BCUT2D eigenvalue weighted by molar-refractivity contribution is 7.47. The molecule has 0 aliphatic heterocycles. The molecule has 1 rings (SSSR count). The van der Waals surface area contributed by atoms with Gasteiger partial charge in [-0.05, 0) is 12.8 Å². The fraction of sp³-hybridized carbons (Fsp3) is 0.786. The summed E-state index contributed by atoms with van der Waals surface area (Å²) >= 11 is 0. The minimum absolute atomic E-state index is 0.0352. The van der Waals surface area contributed by atoms with Crippen LogP contribution >= 0.6 is 7.82 Å². The van der Waals surface area contributed by atoms with E-state index in [0.29, 0.717) is 25.9 Å². The van der Waals surface area contributed by atoms with Crippen molar-refractivity contribution in [1.29, 1.82) is 0 Å². The number of nitrogens with zero attached hydrogens (tertiary/aromatic N) is 1. The molecule has 36 heavy (non-hydrogen) atoms. The molecule has 1 aromatic heterocycles. The van der Waals surface area contributed by atoms with Gasteiger partial charge < -0.3 is 10.2 Å². The zero-order valence-electron chi connectivity index (χ0n) is 22.7. The van der Waals surface area contributed by atoms with Crippen LogP contribution in [0.1, 0.15) is 116 Å². The second-order valence-electron chi connectivity index (χ2n) is 9.65. The van der Waals surface area contributed by atoms with Crippen LogP contribution in [0, 0.1) is 0 Å². The van der Waals surface area contributed by atoms with Gasteiger partial charge in [0.2, 0.25) is 5.91 Å². The predicted octanol–water partition coefficient (Wildman–Crippen LogP) is 6.88. The zero-order valence-corrected chi connectivity index (χ0v) is 23.6. The Morgan fingerprint density at radius 3 is 1.81 bits per heavy atom. The second-order valence-corrected chi connectivity index (χ2v) is 11.1. The Morgan fingerprint density at radius 2 is 1.25 bits per heavy atom. The Hall–Kier alpha value is -1.27. The highest BCUT2D eigenvalue weighted by Gasteiger charge is 2.21. The molecular weight excluding hydrogens is 475 g/mol. The van der Waals surface area contributed by atoms with Crippen LogP contribution in [0.2, 0.25) is 0 Å². The average Bonchev–Trinajstić information content (AvgIpc) is 2.86. The third kappa shape index (κ3) is 20.9. The smallest absolute Gasteiger partial charge is 0.356 e. The number of phosphoric ester groups is 1. The van der Waals surface area contributed by atoms with Crippen LogP contribution < -0.4 is 9.88 Å². The topological polar surface area (TPSA) is 88.7 Å². The molecule has 1 aromatic rings. The molecule has 0 radical (unpaired) electrons. The van der Waals surface area contributed by atoms with E-state index < -0.39 is 7.82 Å². The summed E-state index contributed by atoms with van der Waals surface area (Å²) < 4.78 is 23.7. The van der Waals surface area contributed by atoms with E-state index in [1.54, 1.807) is 0 Å². The van der Waals surface area contributed by atoms with Crippen molar-refractivity contribution in [3.05, 3.63) is 30.6 Å². The van der Waals surface area contributed by atoms with Crippen molar-refractivity contribution >= 4 is 13.7 Å². The number of hydrogen-bond donors (Lipinski definition) is 2. The third-order valence-corrected chi connectivity index (χ3v) is 7.30. The van der Waals surface area contributed by atoms with E-state index in [4.69, 9.17) is 9.05 Å². The summed E-state index contributed by atoms with van der Waals surface area (Å²) in [6, 6.07) is 5.66. The van der Waals surface area contributed by atoms with E-state index in [2.05, 4.69) is 12.2 Å². The van der Waals surface area contributed by atoms with Crippen molar-refractivity contribution in [2.45, 2.75) is 123 Å². The molecule has 0 aliphatic carbocycles. The summed E-state index contributed by atoms with van der Waals surface area (Å²) in [6.45, 7) is 3.30. The zero-order chi connectivity index (χ0) is 26.2. The molecule has 208 valence electrons. The van der Waals surface area contributed by atoms with E-state index in [-0.39, 0.29) is 19.1 Å². The molecule has 0 aliphatic rings. The van der Waals surface area contributed by atoms with Gasteiger partial charge in [-0.25, -0.2) is 9.13 Å². The van der Waals surface area contributed by atoms with Gasteiger partial charge >= 0.3 is 7.82 Å². The van der Waals surface area contributed by atoms with Gasteiger partial charge in [-0.2, -0.15) is 0 Å². The van der Waals surface area contributed by atoms with Crippen LogP contribution in [0.15, 0.2) is 30.6 Å². The molecule has 7 nitrogen and oxygen atoms in total. The number of pyridine rings is 1. The normalized spacial score (nSPS) is 12.9. The number of carbonyl (C=O) groups is 1. The maximum atomic E-state index is 11.9. The van der Waals surface area contributed by atoms with E-state index in [1.807, 2.05) is 35.2 Å². The van der Waals surface area contributed by atoms with Crippen LogP contribution in [0.5, 0.6) is 0 Å². The highest BCUT2D eigenvalue weighted by atomic mass is 31.2. The van der Waals surface area contributed by atoms with Crippen molar-refractivity contribution < 1.29 is 27.9 Å². The fourth-order valence-electron chi connectivity index (χ4n) is 4.11. The van der Waals surface area contributed by atoms with Crippen LogP contribution in [-0.2, 0) is 25.0 Å². The van der Waals surface area contributed by atoms with Gasteiger partial charge in [-0.3, -0.25) is 13.8 Å². The number of hydrogen-bond acceptors (Lipinski definition) is 4. The van der Waals surface area contributed by atoms with Crippen LogP contribution in [0.3, 0.4) is 0 Å². The Bertz CT molecular complexity index is 690. The summed E-state index contributed by atoms with van der Waals surface area (Å²) in [5.74, 6) is 0.0352. The van der Waals surface area contributed by atoms with Crippen molar-refractivity contribution in [2.24, 2.45) is 0 Å². The monoisotopic (exact) mass is 527 g/mol. The lowest BCUT2D eigenvalue weighted by Crippen LogP contribution is -2.34. The van der Waals surface area contributed by atoms with Gasteiger partial charge in [-0.1, -0.05) is 103 Å². The van der Waals surface area contributed by atoms with Gasteiger partial charge in [0.05, 0.1) is 6.61 Å². The summed E-state index contributed by atoms with van der Waals surface area (Å²) in [5.41, 5.74) is 0. The van der Waals surface area contributed by atoms with Gasteiger partial charge in [0.15, 0.2) is 18.9 Å². The predicted molar refractivity (Wildman–Crippen MR) is 146 cm³/mol. The molecular formula is C28H52N2O5P+. The number of nitrogens with one attached hydrogen (secondary N) is 1. The van der Waals surface area contributed by atoms with E-state index in [1.165, 1.54) is 83.5 Å². The molecule has 1 unspecified atom stereocenters. The highest BCUT2D eigenvalue weighted by Crippen LogP contribution is 2.42. The number of unbranched alkanes of at least 4 members (excludes halogenated alkanes) is 14. The first-order chi connectivity index (χ1) is 17.5. The minimum Gasteiger partial charge on any atom is -0.356 e. The quantitative estimate of drug-likeness (QED) is 0.0822. The van der Waals surface area contributed by atoms with Crippen molar-refractivity contribution in [2.75, 3.05) is 19.8 Å². The van der Waals surface area contributed by atoms with E-state index in [0.717, 1.165) is 12.8 Å². The molecule has 1 atom stereocenters. The number of amides is 1. The van der Waals surface area contributed by atoms with E-state index >= 15 is 0 Å². The lowest BCUT2D eigenvalue weighted by atomic mass is 10.0. The maximum Gasteiger partial charge on any atom is 0.472 e. The lowest BCUT2D eigenvalue weighted by Gasteiger charge is -2.11. The van der Waals surface area contributed by atoms with Crippen molar-refractivity contribution in [3.8, 4) is 0 Å². The molecule has 0 bridgehead atoms. The summed E-state index contributed by atoms with van der Waals surface area (Å²) in [4.78, 5) is 21.6. The molecule has 8 heteroatoms. The third-order valence-electron chi connectivity index (χ3n) is 6.29. The first-order valence-electron chi connectivity index (χ1n) is 14.4. The molecule has 0 saturated carbocycles. The molecule has 1 heterocycles. The molecule has 1 amide bonds. The van der Waals surface area contributed by atoms with Crippen molar-refractivity contribution in [3.63, 3.8) is 0 Å². The summed E-state index contributed by atoms with van der Waals surface area (Å²) in [5, 5.41) is 2.85. The maximum absolute atomic E-state index is 11.9. The molecule has 0 saturated heterocycles. The minimum atomic E-state index is -4.07. The fourth-order valence-corrected chi connectivity index (χ4v) is 4.85. The van der Waals surface area contributed by atoms with Crippen LogP contribution in [0.4, 0.5) is 0 Å². The Morgan fingerprint density at radius 1 is 0.750 bits per heavy atom. The van der Waals surface area contributed by atoms with Crippen LogP contribution in [0.25, 0.3) is 0 Å². The van der Waals surface area contributed by atoms with Gasteiger partial charge in [0.25, 0.3) is 0 Å². The van der Waals surface area contributed by atoms with E-state index in [9.17, 15) is 14.3 Å². The second kappa shape index (κ2) is 22.9. The Labute approximate surface area is 220 Å². The molecule has 0 fully saturated rings. The first-order valence-corrected chi connectivity index (χ1v) is 15.9. The standard InChI is InChI=1S/C28H51N2O5P/c1-2-3-4-5-6-7-8-9-10-11-12-13-14-15-17-21-28(31)29-22-20-26-34-36(32,33)35-27-25-30-23-18-16-19-24-30/h16,18-19,23-24H,2-15,17,20-22,25-27H2,1H3,(H-,29,31,32,33)/p+1. The number of phosphoric acid groups is 1. The van der Waals surface area contributed by atoms with Crippen LogP contribution in [-0.4, -0.2) is 30.6 Å². The van der Waals surface area contributed by atoms with Gasteiger partial charge in [-0.15, -0.1) is 0 Å². The largest absolute Gasteiger partial charge is 0.472 e. The number of aromatic nitrogens is 1. The molecule has 0 aromatic carbocycles. The van der Waals surface area contributed by atoms with Gasteiger partial charge in [0.1, 0.15) is 6.61 Å². The average molecular weight is 528 g/mol. The SMILES string of the molecule is CCCCCCCCCCCCCCCCCC(=O)NCCCOP(=O)(O)OCC[n+]1ccccc1. The van der Waals surface area contributed by atoms with Gasteiger partial charge in [0, 0.05) is 25.1 Å². The Balaban J connectivity index is 1.83. The summed E-state index contributed by atoms with van der Waals surface area (Å²) in [6.07, 6.45) is 24.4. The lowest BCUT2D eigenvalue weighted by molar-refractivity contribution is -0.697. The molecule has 2 N–H and O–H groups in total. The molecule has 0 spiro atoms. The number of rotatable bonds is 25. The number of carbonyl (C=O) groups excluding carboxylic acids is 1. The summed E-state index contributed by atoms with van der Waals surface area (Å²) in [7, 11) is -4.07. The van der Waals surface area contributed by atoms with Crippen molar-refractivity contribution in [1.82, 2.24) is 5.32 Å². The Kier molecular flexibility index (Phi) is 20.8.